The molecule has 0 amide bonds. The second kappa shape index (κ2) is 5.03. The minimum atomic E-state index is 0.0600. The van der Waals surface area contributed by atoms with E-state index in [-0.39, 0.29) is 6.61 Å². The van der Waals surface area contributed by atoms with Crippen molar-refractivity contribution in [3.63, 3.8) is 0 Å². The van der Waals surface area contributed by atoms with Gasteiger partial charge in [0.05, 0.1) is 6.61 Å². The lowest BCUT2D eigenvalue weighted by molar-refractivity contribution is 0.215. The van der Waals surface area contributed by atoms with Gasteiger partial charge < -0.3 is 0 Å². The van der Waals surface area contributed by atoms with E-state index in [2.05, 4.69) is 20.8 Å². The van der Waals surface area contributed by atoms with E-state index in [1.54, 1.807) is 11.8 Å². The molecule has 0 rings (SSSR count). The highest BCUT2D eigenvalue weighted by molar-refractivity contribution is 7.99. The van der Waals surface area contributed by atoms with E-state index >= 15 is 0 Å². The molecule has 1 nitrogen and oxygen atoms in total. The van der Waals surface area contributed by atoms with Gasteiger partial charge in [0.2, 0.25) is 0 Å². The first kappa shape index (κ1) is 10.3. The van der Waals surface area contributed by atoms with Crippen molar-refractivity contribution in [3.8, 4) is 0 Å². The lowest BCUT2D eigenvalue weighted by Crippen LogP contribution is -2.13. The molecule has 0 aromatic heterocycles. The maximum absolute atomic E-state index is 10.1. The number of hydrogen-bond donors (Lipinski definition) is 0. The number of hydrogen-bond acceptors (Lipinski definition) is 1. The topological polar surface area (TPSA) is 19.9 Å². The molecular weight excluding hydrogens is 144 g/mol. The summed E-state index contributed by atoms with van der Waals surface area (Å²) in [6.07, 6.45) is 1.19. The van der Waals surface area contributed by atoms with Crippen LogP contribution in [0.25, 0.3) is 0 Å². The second-order valence-electron chi connectivity index (χ2n) is 3.27. The first-order valence-electron chi connectivity index (χ1n) is 3.78. The van der Waals surface area contributed by atoms with Crippen molar-refractivity contribution in [2.75, 3.05) is 18.1 Å². The Hall–Kier alpha value is 0.310. The highest BCUT2D eigenvalue weighted by Crippen LogP contribution is 2.24. The van der Waals surface area contributed by atoms with Crippen LogP contribution in [0, 0.1) is 5.41 Å². The molecule has 0 aromatic carbocycles. The average Bonchev–Trinajstić information content (AvgIpc) is 1.89. The minimum absolute atomic E-state index is 0.0600. The zero-order chi connectivity index (χ0) is 8.04. The van der Waals surface area contributed by atoms with Crippen molar-refractivity contribution < 1.29 is 5.11 Å². The summed E-state index contributed by atoms with van der Waals surface area (Å²) in [4.78, 5) is 0. The molecular formula is C8H17OS. The Kier molecular flexibility index (Phi) is 5.18. The molecule has 0 aromatic rings. The van der Waals surface area contributed by atoms with Gasteiger partial charge in [0.15, 0.2) is 0 Å². The van der Waals surface area contributed by atoms with Crippen LogP contribution in [0.1, 0.15) is 27.2 Å². The molecule has 0 atom stereocenters. The fourth-order valence-electron chi connectivity index (χ4n) is 0.509. The summed E-state index contributed by atoms with van der Waals surface area (Å²) in [6, 6.07) is 0. The number of thioether (sulfide) groups is 1. The third kappa shape index (κ3) is 5.12. The Morgan fingerprint density at radius 1 is 1.40 bits per heavy atom. The van der Waals surface area contributed by atoms with Gasteiger partial charge >= 0.3 is 0 Å². The summed E-state index contributed by atoms with van der Waals surface area (Å²) in [5.74, 6) is 1.88. The zero-order valence-corrected chi connectivity index (χ0v) is 7.96. The van der Waals surface area contributed by atoms with Crippen molar-refractivity contribution in [2.24, 2.45) is 5.41 Å². The van der Waals surface area contributed by atoms with E-state index in [1.165, 1.54) is 6.42 Å². The van der Waals surface area contributed by atoms with Crippen LogP contribution in [-0.2, 0) is 5.11 Å². The highest BCUT2D eigenvalue weighted by Gasteiger charge is 2.13. The molecule has 2 heteroatoms. The zero-order valence-electron chi connectivity index (χ0n) is 7.14. The Bertz CT molecular complexity index is 81.3. The Morgan fingerprint density at radius 2 is 2.00 bits per heavy atom. The lowest BCUT2D eigenvalue weighted by Gasteiger charge is -2.21. The molecule has 10 heavy (non-hydrogen) atoms. The maximum Gasteiger partial charge on any atom is 0.0912 e. The fraction of sp³-hybridized carbons (Fsp3) is 1.00. The first-order chi connectivity index (χ1) is 4.62. The van der Waals surface area contributed by atoms with E-state index < -0.39 is 0 Å². The van der Waals surface area contributed by atoms with Crippen molar-refractivity contribution in [1.82, 2.24) is 0 Å². The predicted molar refractivity (Wildman–Crippen MR) is 47.0 cm³/mol. The van der Waals surface area contributed by atoms with Gasteiger partial charge in [-0.2, -0.15) is 11.8 Å². The maximum atomic E-state index is 10.1. The predicted octanol–water partition coefficient (Wildman–Crippen LogP) is 2.59. The van der Waals surface area contributed by atoms with Crippen LogP contribution >= 0.6 is 11.8 Å². The molecule has 1 radical (unpaired) electrons. The third-order valence-electron chi connectivity index (χ3n) is 1.68. The monoisotopic (exact) mass is 161 g/mol. The fourth-order valence-corrected chi connectivity index (χ4v) is 1.53. The first-order valence-corrected chi connectivity index (χ1v) is 4.93. The summed E-state index contributed by atoms with van der Waals surface area (Å²) in [5.41, 5.74) is 0.417. The summed E-state index contributed by atoms with van der Waals surface area (Å²) in [6.45, 7) is 6.73. The summed E-state index contributed by atoms with van der Waals surface area (Å²) in [7, 11) is 0. The van der Waals surface area contributed by atoms with E-state index in [0.29, 0.717) is 5.41 Å². The van der Waals surface area contributed by atoms with Gasteiger partial charge in [-0.15, -0.1) is 0 Å². The van der Waals surface area contributed by atoms with Gasteiger partial charge in [-0.1, -0.05) is 27.2 Å². The normalized spacial score (nSPS) is 12.0. The van der Waals surface area contributed by atoms with E-state index in [9.17, 15) is 5.11 Å². The van der Waals surface area contributed by atoms with E-state index in [0.717, 1.165) is 11.5 Å². The average molecular weight is 161 g/mol. The molecule has 0 heterocycles. The largest absolute Gasteiger partial charge is 0.236 e. The van der Waals surface area contributed by atoms with Crippen LogP contribution in [0.4, 0.5) is 0 Å². The molecule has 0 fully saturated rings. The minimum Gasteiger partial charge on any atom is -0.236 e. The molecule has 0 unspecified atom stereocenters. The molecule has 0 aliphatic rings. The summed E-state index contributed by atoms with van der Waals surface area (Å²) in [5, 5.41) is 10.1. The second-order valence-corrected chi connectivity index (χ2v) is 4.38. The van der Waals surface area contributed by atoms with Crippen molar-refractivity contribution >= 4 is 11.8 Å². The van der Waals surface area contributed by atoms with Gasteiger partial charge in [-0.3, -0.25) is 0 Å². The SMILES string of the molecule is CCC(C)(C)CSCC[O]. The summed E-state index contributed by atoms with van der Waals surface area (Å²) >= 11 is 1.77. The van der Waals surface area contributed by atoms with E-state index in [4.69, 9.17) is 0 Å². The molecule has 0 saturated carbocycles. The molecule has 0 spiro atoms. The van der Waals surface area contributed by atoms with Crippen LogP contribution in [0.3, 0.4) is 0 Å². The van der Waals surface area contributed by atoms with Gasteiger partial charge in [-0.25, -0.2) is 5.11 Å². The van der Waals surface area contributed by atoms with Crippen LogP contribution in [0.15, 0.2) is 0 Å². The quantitative estimate of drug-likeness (QED) is 0.567. The molecule has 0 aliphatic carbocycles. The Balaban J connectivity index is 3.28. The lowest BCUT2D eigenvalue weighted by atomic mass is 9.93. The smallest absolute Gasteiger partial charge is 0.0912 e. The van der Waals surface area contributed by atoms with Crippen LogP contribution in [0.2, 0.25) is 0 Å². The van der Waals surface area contributed by atoms with Crippen molar-refractivity contribution in [2.45, 2.75) is 27.2 Å². The van der Waals surface area contributed by atoms with Crippen LogP contribution in [0.5, 0.6) is 0 Å². The van der Waals surface area contributed by atoms with Crippen molar-refractivity contribution in [3.05, 3.63) is 0 Å². The summed E-state index contributed by atoms with van der Waals surface area (Å²) < 4.78 is 0. The van der Waals surface area contributed by atoms with Crippen LogP contribution < -0.4 is 0 Å². The standard InChI is InChI=1S/C8H17OS/c1-4-8(2,3)7-10-6-5-9/h4-7H2,1-3H3. The van der Waals surface area contributed by atoms with Gasteiger partial charge in [-0.05, 0) is 11.2 Å². The Morgan fingerprint density at radius 3 is 2.40 bits per heavy atom. The molecule has 0 saturated heterocycles. The van der Waals surface area contributed by atoms with Crippen molar-refractivity contribution in [1.29, 1.82) is 0 Å². The van der Waals surface area contributed by atoms with Crippen LogP contribution in [-0.4, -0.2) is 18.1 Å². The number of rotatable bonds is 5. The molecule has 0 aliphatic heterocycles. The Labute approximate surface area is 68.2 Å². The van der Waals surface area contributed by atoms with Gasteiger partial charge in [0.1, 0.15) is 0 Å². The molecule has 0 bridgehead atoms. The van der Waals surface area contributed by atoms with E-state index in [1.807, 2.05) is 0 Å². The third-order valence-corrected chi connectivity index (χ3v) is 3.12. The highest BCUT2D eigenvalue weighted by atomic mass is 32.2. The van der Waals surface area contributed by atoms with Gasteiger partial charge in [0.25, 0.3) is 0 Å². The van der Waals surface area contributed by atoms with Gasteiger partial charge in [0, 0.05) is 5.75 Å². The molecule has 0 N–H and O–H groups in total. The molecule has 61 valence electrons.